The first kappa shape index (κ1) is 22.7. The van der Waals surface area contributed by atoms with E-state index in [1.165, 1.54) is 0 Å². The minimum absolute atomic E-state index is 0.161. The number of imidazole rings is 1. The maximum atomic E-state index is 12.8. The van der Waals surface area contributed by atoms with Crippen LogP contribution >= 0.6 is 11.6 Å². The first-order valence-corrected chi connectivity index (χ1v) is 11.2. The molecule has 1 amide bonds. The summed E-state index contributed by atoms with van der Waals surface area (Å²) in [6, 6.07) is 22.2. The number of aromatic nitrogens is 2. The fourth-order valence-corrected chi connectivity index (χ4v) is 3.90. The molecule has 0 bridgehead atoms. The Morgan fingerprint density at radius 2 is 1.79 bits per heavy atom. The van der Waals surface area contributed by atoms with Crippen LogP contribution in [0, 0.1) is 0 Å². The van der Waals surface area contributed by atoms with Crippen LogP contribution in [0.5, 0.6) is 11.5 Å². The first-order chi connectivity index (χ1) is 16.1. The second-order valence-corrected chi connectivity index (χ2v) is 8.07. The topological polar surface area (TPSA) is 65.4 Å². The Bertz CT molecular complexity index is 1240. The van der Waals surface area contributed by atoms with Crippen molar-refractivity contribution in [3.8, 4) is 11.5 Å². The summed E-state index contributed by atoms with van der Waals surface area (Å²) in [6.07, 6.45) is 0.762. The Morgan fingerprint density at radius 3 is 2.55 bits per heavy atom. The Labute approximate surface area is 198 Å². The lowest BCUT2D eigenvalue weighted by molar-refractivity contribution is 0.0937. The van der Waals surface area contributed by atoms with E-state index in [4.69, 9.17) is 26.1 Å². The van der Waals surface area contributed by atoms with E-state index in [-0.39, 0.29) is 11.9 Å². The van der Waals surface area contributed by atoms with Gasteiger partial charge in [0.15, 0.2) is 0 Å². The van der Waals surface area contributed by atoms with Gasteiger partial charge in [-0.15, -0.1) is 0 Å². The third kappa shape index (κ3) is 5.29. The molecule has 6 nitrogen and oxygen atoms in total. The van der Waals surface area contributed by atoms with Gasteiger partial charge in [-0.05, 0) is 61.9 Å². The minimum atomic E-state index is -0.281. The normalized spacial score (nSPS) is 11.8. The smallest absolute Gasteiger partial charge is 0.251 e. The van der Waals surface area contributed by atoms with Crippen LogP contribution in [0.4, 0.5) is 0 Å². The van der Waals surface area contributed by atoms with E-state index in [1.54, 1.807) is 31.4 Å². The van der Waals surface area contributed by atoms with Crippen LogP contribution in [-0.2, 0) is 6.54 Å². The molecule has 0 radical (unpaired) electrons. The van der Waals surface area contributed by atoms with Crippen LogP contribution in [0.2, 0.25) is 5.02 Å². The molecule has 0 spiro atoms. The fourth-order valence-electron chi connectivity index (χ4n) is 3.71. The molecule has 33 heavy (non-hydrogen) atoms. The quantitative estimate of drug-likeness (QED) is 0.325. The molecule has 4 rings (SSSR count). The van der Waals surface area contributed by atoms with Gasteiger partial charge in [-0.3, -0.25) is 4.79 Å². The Balaban J connectivity index is 1.47. The van der Waals surface area contributed by atoms with E-state index in [2.05, 4.69) is 9.88 Å². The lowest BCUT2D eigenvalue weighted by Crippen LogP contribution is -2.28. The molecule has 1 atom stereocenters. The van der Waals surface area contributed by atoms with E-state index in [0.717, 1.165) is 23.3 Å². The number of hydrogen-bond donors (Lipinski definition) is 1. The summed E-state index contributed by atoms with van der Waals surface area (Å²) in [7, 11) is 1.60. The average molecular weight is 464 g/mol. The zero-order chi connectivity index (χ0) is 23.2. The van der Waals surface area contributed by atoms with Crippen molar-refractivity contribution in [2.24, 2.45) is 0 Å². The molecule has 170 valence electrons. The van der Waals surface area contributed by atoms with E-state index in [9.17, 15) is 4.79 Å². The Morgan fingerprint density at radius 1 is 1.06 bits per heavy atom. The van der Waals surface area contributed by atoms with Crippen molar-refractivity contribution in [2.45, 2.75) is 25.9 Å². The van der Waals surface area contributed by atoms with Gasteiger partial charge in [0, 0.05) is 12.1 Å². The third-order valence-electron chi connectivity index (χ3n) is 5.39. The van der Waals surface area contributed by atoms with Gasteiger partial charge >= 0.3 is 0 Å². The van der Waals surface area contributed by atoms with Crippen molar-refractivity contribution in [3.05, 3.63) is 89.2 Å². The van der Waals surface area contributed by atoms with Crippen LogP contribution in [0.1, 0.15) is 35.6 Å². The van der Waals surface area contributed by atoms with Gasteiger partial charge in [0.1, 0.15) is 17.3 Å². The molecule has 1 aromatic heterocycles. The number of rotatable bonds is 9. The molecule has 1 unspecified atom stereocenters. The van der Waals surface area contributed by atoms with Crippen molar-refractivity contribution in [1.29, 1.82) is 0 Å². The van der Waals surface area contributed by atoms with Crippen LogP contribution in [-0.4, -0.2) is 29.2 Å². The van der Waals surface area contributed by atoms with E-state index in [1.807, 2.05) is 55.5 Å². The monoisotopic (exact) mass is 463 g/mol. The van der Waals surface area contributed by atoms with Crippen molar-refractivity contribution >= 4 is 28.5 Å². The second kappa shape index (κ2) is 10.4. The number of aryl methyl sites for hydroxylation is 1. The highest BCUT2D eigenvalue weighted by Gasteiger charge is 2.19. The van der Waals surface area contributed by atoms with Crippen molar-refractivity contribution < 1.29 is 14.3 Å². The SMILES string of the molecule is COc1ccc(C(=O)NC(C)c2nc3ccccc3n2CCCOc2ccccc2Cl)cc1. The highest BCUT2D eigenvalue weighted by atomic mass is 35.5. The van der Waals surface area contributed by atoms with Crippen LogP contribution in [0.3, 0.4) is 0 Å². The average Bonchev–Trinajstić information content (AvgIpc) is 3.21. The maximum absolute atomic E-state index is 12.8. The van der Waals surface area contributed by atoms with Gasteiger partial charge in [-0.25, -0.2) is 4.98 Å². The number of nitrogens with zero attached hydrogens (tertiary/aromatic N) is 2. The molecule has 1 heterocycles. The molecular formula is C26H26ClN3O3. The van der Waals surface area contributed by atoms with Crippen molar-refractivity contribution in [3.63, 3.8) is 0 Å². The Kier molecular flexibility index (Phi) is 7.15. The van der Waals surface area contributed by atoms with Gasteiger partial charge < -0.3 is 19.4 Å². The van der Waals surface area contributed by atoms with Crippen LogP contribution in [0.25, 0.3) is 11.0 Å². The van der Waals surface area contributed by atoms with Gasteiger partial charge in [0.2, 0.25) is 0 Å². The largest absolute Gasteiger partial charge is 0.497 e. The van der Waals surface area contributed by atoms with Gasteiger partial charge in [0.25, 0.3) is 5.91 Å². The molecule has 0 saturated heterocycles. The van der Waals surface area contributed by atoms with E-state index < -0.39 is 0 Å². The summed E-state index contributed by atoms with van der Waals surface area (Å²) in [5, 5.41) is 3.66. The van der Waals surface area contributed by atoms with Gasteiger partial charge in [-0.2, -0.15) is 0 Å². The number of halogens is 1. The molecule has 7 heteroatoms. The number of hydrogen-bond acceptors (Lipinski definition) is 4. The molecule has 3 aromatic carbocycles. The predicted molar refractivity (Wildman–Crippen MR) is 130 cm³/mol. The number of para-hydroxylation sites is 3. The molecule has 0 aliphatic rings. The molecule has 0 aliphatic heterocycles. The summed E-state index contributed by atoms with van der Waals surface area (Å²) in [6.45, 7) is 3.16. The number of fused-ring (bicyclic) bond motifs is 1. The summed E-state index contributed by atoms with van der Waals surface area (Å²) in [5.74, 6) is 2.03. The summed E-state index contributed by atoms with van der Waals surface area (Å²) < 4.78 is 13.2. The predicted octanol–water partition coefficient (Wildman–Crippen LogP) is 5.66. The molecule has 0 fully saturated rings. The number of ether oxygens (including phenoxy) is 2. The van der Waals surface area contributed by atoms with E-state index >= 15 is 0 Å². The molecule has 4 aromatic rings. The lowest BCUT2D eigenvalue weighted by atomic mass is 10.2. The summed E-state index contributed by atoms with van der Waals surface area (Å²) >= 11 is 6.18. The molecule has 0 aliphatic carbocycles. The number of nitrogens with one attached hydrogen (secondary N) is 1. The first-order valence-electron chi connectivity index (χ1n) is 10.8. The number of methoxy groups -OCH3 is 1. The zero-order valence-electron chi connectivity index (χ0n) is 18.6. The fraction of sp³-hybridized carbons (Fsp3) is 0.231. The van der Waals surface area contributed by atoms with Crippen LogP contribution < -0.4 is 14.8 Å². The third-order valence-corrected chi connectivity index (χ3v) is 5.70. The zero-order valence-corrected chi connectivity index (χ0v) is 19.4. The lowest BCUT2D eigenvalue weighted by Gasteiger charge is -2.17. The van der Waals surface area contributed by atoms with Crippen molar-refractivity contribution in [1.82, 2.24) is 14.9 Å². The highest BCUT2D eigenvalue weighted by molar-refractivity contribution is 6.32. The molecule has 0 saturated carbocycles. The number of benzene rings is 3. The number of amides is 1. The summed E-state index contributed by atoms with van der Waals surface area (Å²) in [4.78, 5) is 17.6. The highest BCUT2D eigenvalue weighted by Crippen LogP contribution is 2.24. The Hall–Kier alpha value is -3.51. The molecule has 1 N–H and O–H groups in total. The second-order valence-electron chi connectivity index (χ2n) is 7.67. The van der Waals surface area contributed by atoms with E-state index in [0.29, 0.717) is 35.2 Å². The molecular weight excluding hydrogens is 438 g/mol. The number of carbonyl (C=O) groups excluding carboxylic acids is 1. The standard InChI is InChI=1S/C26H26ClN3O3/c1-18(28-26(31)19-12-14-20(32-2)15-13-19)25-29-22-9-4-5-10-23(22)30(25)16-7-17-33-24-11-6-3-8-21(24)27/h3-6,8-15,18H,7,16-17H2,1-2H3,(H,28,31). The van der Waals surface area contributed by atoms with Gasteiger partial charge in [0.05, 0.1) is 35.8 Å². The summed E-state index contributed by atoms with van der Waals surface area (Å²) in [5.41, 5.74) is 2.49. The van der Waals surface area contributed by atoms with Crippen LogP contribution in [0.15, 0.2) is 72.8 Å². The van der Waals surface area contributed by atoms with Gasteiger partial charge in [-0.1, -0.05) is 35.9 Å². The maximum Gasteiger partial charge on any atom is 0.251 e. The minimum Gasteiger partial charge on any atom is -0.497 e. The number of carbonyl (C=O) groups is 1. The van der Waals surface area contributed by atoms with Crippen molar-refractivity contribution in [2.75, 3.05) is 13.7 Å².